The number of hydrogen-bond donors (Lipinski definition) is 3. The van der Waals surface area contributed by atoms with Crippen LogP contribution in [0.3, 0.4) is 0 Å². The van der Waals surface area contributed by atoms with Crippen LogP contribution in [0.2, 0.25) is 0 Å². The molecule has 1 aromatic carbocycles. The SMILES string of the molecule is N#Cc1cc(F)c(N)cc1-c1[nH]nc2ncc(F)cc12.O=C(O)C1CC2CCC1CC2. The highest BCUT2D eigenvalue weighted by Gasteiger charge is 2.39. The molecule has 0 saturated heterocycles. The van der Waals surface area contributed by atoms with Gasteiger partial charge in [0.15, 0.2) is 5.65 Å². The molecule has 3 saturated carbocycles. The number of hydrogen-bond acceptors (Lipinski definition) is 5. The van der Waals surface area contributed by atoms with Gasteiger partial charge in [-0.1, -0.05) is 12.8 Å². The number of fused-ring (bicyclic) bond motifs is 4. The van der Waals surface area contributed by atoms with E-state index in [0.717, 1.165) is 24.6 Å². The van der Waals surface area contributed by atoms with E-state index in [1.54, 1.807) is 0 Å². The lowest BCUT2D eigenvalue weighted by Gasteiger charge is -2.40. The lowest BCUT2D eigenvalue weighted by molar-refractivity contribution is -0.147. The number of carbonyl (C=O) groups is 1. The number of nitrogens with two attached hydrogens (primary N) is 1. The number of benzene rings is 1. The maximum Gasteiger partial charge on any atom is 0.306 e. The van der Waals surface area contributed by atoms with Crippen molar-refractivity contribution in [3.05, 3.63) is 41.6 Å². The molecule has 3 aromatic rings. The molecular weight excluding hydrogens is 404 g/mol. The Kier molecular flexibility index (Phi) is 5.55. The molecular formula is C22H21F2N5O2. The van der Waals surface area contributed by atoms with Crippen LogP contribution in [-0.2, 0) is 4.79 Å². The second-order valence-corrected chi connectivity index (χ2v) is 8.12. The molecule has 1 unspecified atom stereocenters. The van der Waals surface area contributed by atoms with Crippen molar-refractivity contribution in [1.29, 1.82) is 5.26 Å². The molecule has 0 amide bonds. The number of aliphatic carboxylic acids is 1. The maximum atomic E-state index is 13.4. The van der Waals surface area contributed by atoms with Gasteiger partial charge in [0.25, 0.3) is 0 Å². The van der Waals surface area contributed by atoms with E-state index in [1.807, 2.05) is 6.07 Å². The molecule has 4 N–H and O–H groups in total. The molecule has 31 heavy (non-hydrogen) atoms. The molecule has 0 spiro atoms. The van der Waals surface area contributed by atoms with Gasteiger partial charge in [0.1, 0.15) is 11.6 Å². The number of anilines is 1. The second kappa shape index (κ2) is 8.30. The van der Waals surface area contributed by atoms with Crippen molar-refractivity contribution in [1.82, 2.24) is 15.2 Å². The number of aromatic amines is 1. The van der Waals surface area contributed by atoms with Crippen molar-refractivity contribution in [3.8, 4) is 17.3 Å². The van der Waals surface area contributed by atoms with E-state index in [-0.39, 0.29) is 17.2 Å². The number of nitrogens with zero attached hydrogens (tertiary/aromatic N) is 3. The zero-order chi connectivity index (χ0) is 22.1. The summed E-state index contributed by atoms with van der Waals surface area (Å²) in [6.07, 6.45) is 6.91. The van der Waals surface area contributed by atoms with Crippen LogP contribution in [0.25, 0.3) is 22.3 Å². The van der Waals surface area contributed by atoms with Crippen molar-refractivity contribution >= 4 is 22.7 Å². The first kappa shape index (κ1) is 20.7. The third kappa shape index (κ3) is 4.06. The Morgan fingerprint density at radius 3 is 2.55 bits per heavy atom. The Labute approximate surface area is 176 Å². The number of nitrogens with one attached hydrogen (secondary N) is 1. The summed E-state index contributed by atoms with van der Waals surface area (Å²) in [7, 11) is 0. The molecule has 2 bridgehead atoms. The molecule has 9 heteroatoms. The fraction of sp³-hybridized carbons (Fsp3) is 0.364. The number of nitriles is 1. The fourth-order valence-corrected chi connectivity index (χ4v) is 4.65. The molecule has 0 radical (unpaired) electrons. The highest BCUT2D eigenvalue weighted by Crippen LogP contribution is 2.44. The lowest BCUT2D eigenvalue weighted by Crippen LogP contribution is -2.35. The number of pyridine rings is 1. The number of carboxylic acids is 1. The Morgan fingerprint density at radius 1 is 1.23 bits per heavy atom. The van der Waals surface area contributed by atoms with Crippen molar-refractivity contribution in [2.45, 2.75) is 32.1 Å². The molecule has 7 nitrogen and oxygen atoms in total. The molecule has 0 aliphatic heterocycles. The molecule has 6 rings (SSSR count). The van der Waals surface area contributed by atoms with E-state index in [4.69, 9.17) is 16.1 Å². The van der Waals surface area contributed by atoms with E-state index in [9.17, 15) is 13.6 Å². The van der Waals surface area contributed by atoms with Gasteiger partial charge >= 0.3 is 5.97 Å². The third-order valence-electron chi connectivity index (χ3n) is 6.27. The predicted octanol–water partition coefficient (Wildman–Crippen LogP) is 4.25. The number of nitrogen functional groups attached to an aromatic ring is 1. The van der Waals surface area contributed by atoms with Crippen LogP contribution in [0.4, 0.5) is 14.5 Å². The molecule has 1 atom stereocenters. The smallest absolute Gasteiger partial charge is 0.306 e. The summed E-state index contributed by atoms with van der Waals surface area (Å²) in [6, 6.07) is 5.45. The van der Waals surface area contributed by atoms with E-state index >= 15 is 0 Å². The minimum atomic E-state index is -0.682. The first-order valence-corrected chi connectivity index (χ1v) is 10.1. The molecule has 3 fully saturated rings. The van der Waals surface area contributed by atoms with Gasteiger partial charge in [0.2, 0.25) is 0 Å². The Bertz CT molecular complexity index is 1180. The van der Waals surface area contributed by atoms with Crippen molar-refractivity contribution < 1.29 is 18.7 Å². The highest BCUT2D eigenvalue weighted by atomic mass is 19.1. The average Bonchev–Trinajstić information content (AvgIpc) is 3.19. The van der Waals surface area contributed by atoms with E-state index in [0.29, 0.717) is 28.2 Å². The average molecular weight is 425 g/mol. The molecule has 2 aromatic heterocycles. The fourth-order valence-electron chi connectivity index (χ4n) is 4.65. The van der Waals surface area contributed by atoms with Gasteiger partial charge in [-0.25, -0.2) is 13.8 Å². The van der Waals surface area contributed by atoms with Gasteiger partial charge in [-0.3, -0.25) is 9.89 Å². The normalized spacial score (nSPS) is 21.9. The van der Waals surface area contributed by atoms with Gasteiger partial charge in [-0.2, -0.15) is 10.4 Å². The van der Waals surface area contributed by atoms with Crippen LogP contribution in [0.1, 0.15) is 37.7 Å². The molecule has 160 valence electrons. The van der Waals surface area contributed by atoms with E-state index < -0.39 is 17.6 Å². The quantitative estimate of drug-likeness (QED) is 0.526. The number of rotatable bonds is 2. The monoisotopic (exact) mass is 425 g/mol. The van der Waals surface area contributed by atoms with Crippen molar-refractivity contribution in [3.63, 3.8) is 0 Å². The van der Waals surface area contributed by atoms with Gasteiger partial charge in [0.05, 0.1) is 35.1 Å². The van der Waals surface area contributed by atoms with E-state index in [2.05, 4.69) is 15.2 Å². The molecule has 2 heterocycles. The predicted molar refractivity (Wildman–Crippen MR) is 110 cm³/mol. The van der Waals surface area contributed by atoms with Gasteiger partial charge in [-0.15, -0.1) is 0 Å². The number of aromatic nitrogens is 3. The van der Waals surface area contributed by atoms with Crippen LogP contribution in [-0.4, -0.2) is 26.3 Å². The van der Waals surface area contributed by atoms with Gasteiger partial charge < -0.3 is 10.8 Å². The van der Waals surface area contributed by atoms with Crippen LogP contribution in [0, 0.1) is 40.7 Å². The number of carboxylic acid groups (broad SMARTS) is 1. The third-order valence-corrected chi connectivity index (χ3v) is 6.27. The van der Waals surface area contributed by atoms with Crippen LogP contribution in [0.5, 0.6) is 0 Å². The highest BCUT2D eigenvalue weighted by molar-refractivity contribution is 5.92. The standard InChI is InChI=1S/C13H7F2N5.C9H14O2/c14-7-2-9-12(19-20-13(9)18-5-7)8-3-11(17)10(15)1-6(8)4-16;10-9(11)8-5-6-1-3-7(8)4-2-6/h1-3,5H,17H2,(H,18,19,20);6-8H,1-5H2,(H,10,11). The zero-order valence-corrected chi connectivity index (χ0v) is 16.6. The van der Waals surface area contributed by atoms with Crippen molar-refractivity contribution in [2.24, 2.45) is 17.8 Å². The van der Waals surface area contributed by atoms with Gasteiger partial charge in [0, 0.05) is 10.9 Å². The summed E-state index contributed by atoms with van der Waals surface area (Å²) in [5.41, 5.74) is 6.50. The lowest BCUT2D eigenvalue weighted by atomic mass is 9.65. The molecule has 3 aliphatic carbocycles. The maximum absolute atomic E-state index is 13.4. The van der Waals surface area contributed by atoms with Gasteiger partial charge in [-0.05, 0) is 49.3 Å². The minimum Gasteiger partial charge on any atom is -0.481 e. The topological polar surface area (TPSA) is 129 Å². The summed E-state index contributed by atoms with van der Waals surface area (Å²) in [5.74, 6) is -0.521. The second-order valence-electron chi connectivity index (χ2n) is 8.12. The first-order chi connectivity index (χ1) is 14.9. The summed E-state index contributed by atoms with van der Waals surface area (Å²) in [5, 5.41) is 24.9. The first-order valence-electron chi connectivity index (χ1n) is 10.1. The Morgan fingerprint density at radius 2 is 1.97 bits per heavy atom. The van der Waals surface area contributed by atoms with E-state index in [1.165, 1.54) is 37.8 Å². The zero-order valence-electron chi connectivity index (χ0n) is 16.6. The summed E-state index contributed by atoms with van der Waals surface area (Å²) in [4.78, 5) is 14.6. The Balaban J connectivity index is 0.000000177. The largest absolute Gasteiger partial charge is 0.481 e. The number of halogens is 2. The van der Waals surface area contributed by atoms with Crippen LogP contribution < -0.4 is 5.73 Å². The molecule has 3 aliphatic rings. The van der Waals surface area contributed by atoms with Crippen molar-refractivity contribution in [2.75, 3.05) is 5.73 Å². The summed E-state index contributed by atoms with van der Waals surface area (Å²) < 4.78 is 26.7. The van der Waals surface area contributed by atoms with Crippen LogP contribution >= 0.6 is 0 Å². The summed E-state index contributed by atoms with van der Waals surface area (Å²) >= 11 is 0. The van der Waals surface area contributed by atoms with Crippen LogP contribution in [0.15, 0.2) is 24.4 Å². The summed E-state index contributed by atoms with van der Waals surface area (Å²) in [6.45, 7) is 0. The number of H-pyrrole nitrogens is 1. The minimum absolute atomic E-state index is 0.00231. The Hall–Kier alpha value is -3.54.